The lowest BCUT2D eigenvalue weighted by Crippen LogP contribution is -2.38. The highest BCUT2D eigenvalue weighted by Gasteiger charge is 2.19. The Hall–Kier alpha value is -2.20. The van der Waals surface area contributed by atoms with E-state index < -0.39 is 0 Å². The summed E-state index contributed by atoms with van der Waals surface area (Å²) in [5.41, 5.74) is 1.67. The van der Waals surface area contributed by atoms with Crippen LogP contribution in [0.2, 0.25) is 0 Å². The molecule has 0 aliphatic heterocycles. The van der Waals surface area contributed by atoms with E-state index in [9.17, 15) is 4.79 Å². The highest BCUT2D eigenvalue weighted by Crippen LogP contribution is 2.19. The molecule has 1 aromatic carbocycles. The fraction of sp³-hybridized carbons (Fsp3) is 0.333. The minimum atomic E-state index is -0.131. The van der Waals surface area contributed by atoms with Crippen LogP contribution in [0.3, 0.4) is 0 Å². The van der Waals surface area contributed by atoms with Crippen LogP contribution in [0.5, 0.6) is 0 Å². The monoisotopic (exact) mass is 297 g/mol. The van der Waals surface area contributed by atoms with Crippen LogP contribution in [-0.2, 0) is 0 Å². The van der Waals surface area contributed by atoms with Crippen LogP contribution in [-0.4, -0.2) is 35.4 Å². The summed E-state index contributed by atoms with van der Waals surface area (Å²) in [6, 6.07) is 15.8. The molecule has 4 nitrogen and oxygen atoms in total. The van der Waals surface area contributed by atoms with Gasteiger partial charge in [-0.25, -0.2) is 0 Å². The van der Waals surface area contributed by atoms with Crippen molar-refractivity contribution >= 4 is 5.91 Å². The summed E-state index contributed by atoms with van der Waals surface area (Å²) in [7, 11) is 0. The van der Waals surface area contributed by atoms with Gasteiger partial charge in [0.15, 0.2) is 0 Å². The van der Waals surface area contributed by atoms with Gasteiger partial charge in [-0.2, -0.15) is 0 Å². The average Bonchev–Trinajstić information content (AvgIpc) is 2.60. The maximum atomic E-state index is 12.2. The van der Waals surface area contributed by atoms with Gasteiger partial charge in [-0.1, -0.05) is 50.2 Å². The Morgan fingerprint density at radius 1 is 1.09 bits per heavy atom. The fourth-order valence-corrected chi connectivity index (χ4v) is 2.57. The van der Waals surface area contributed by atoms with Crippen molar-refractivity contribution in [2.75, 3.05) is 19.6 Å². The first-order valence-electron chi connectivity index (χ1n) is 7.74. The number of nitrogens with zero attached hydrogens (tertiary/aromatic N) is 2. The van der Waals surface area contributed by atoms with Crippen molar-refractivity contribution in [3.63, 3.8) is 0 Å². The summed E-state index contributed by atoms with van der Waals surface area (Å²) < 4.78 is 0. The molecule has 2 rings (SSSR count). The Morgan fingerprint density at radius 3 is 2.36 bits per heavy atom. The first-order valence-corrected chi connectivity index (χ1v) is 7.74. The third kappa shape index (κ3) is 4.15. The van der Waals surface area contributed by atoms with Crippen LogP contribution in [0.15, 0.2) is 54.7 Å². The van der Waals surface area contributed by atoms with Gasteiger partial charge in [-0.15, -0.1) is 0 Å². The topological polar surface area (TPSA) is 45.2 Å². The Balaban J connectivity index is 2.09. The van der Waals surface area contributed by atoms with Crippen LogP contribution in [0.4, 0.5) is 0 Å². The predicted molar refractivity (Wildman–Crippen MR) is 88.7 cm³/mol. The second kappa shape index (κ2) is 8.29. The van der Waals surface area contributed by atoms with Gasteiger partial charge in [-0.05, 0) is 30.8 Å². The highest BCUT2D eigenvalue weighted by molar-refractivity contribution is 5.92. The number of benzene rings is 1. The van der Waals surface area contributed by atoms with Gasteiger partial charge in [0, 0.05) is 12.7 Å². The van der Waals surface area contributed by atoms with Crippen LogP contribution >= 0.6 is 0 Å². The summed E-state index contributed by atoms with van der Waals surface area (Å²) in [5.74, 6) is -0.131. The number of carbonyl (C=O) groups is 1. The molecule has 0 radical (unpaired) electrons. The SMILES string of the molecule is CCN(CC)[C@@H](CNC(=O)c1ccccn1)c1ccccc1. The summed E-state index contributed by atoms with van der Waals surface area (Å²) in [5, 5.41) is 3.00. The molecule has 0 saturated carbocycles. The van der Waals surface area contributed by atoms with Gasteiger partial charge >= 0.3 is 0 Å². The number of nitrogens with one attached hydrogen (secondary N) is 1. The third-order valence-corrected chi connectivity index (χ3v) is 3.79. The number of amides is 1. The van der Waals surface area contributed by atoms with Crippen molar-refractivity contribution < 1.29 is 4.79 Å². The molecule has 0 fully saturated rings. The van der Waals surface area contributed by atoms with Crippen molar-refractivity contribution in [1.29, 1.82) is 0 Å². The smallest absolute Gasteiger partial charge is 0.269 e. The molecule has 1 N–H and O–H groups in total. The molecular formula is C18H23N3O. The summed E-state index contributed by atoms with van der Waals surface area (Å²) in [6.45, 7) is 6.73. The zero-order valence-electron chi connectivity index (χ0n) is 13.2. The number of pyridine rings is 1. The molecule has 1 amide bonds. The van der Waals surface area contributed by atoms with Gasteiger partial charge < -0.3 is 5.32 Å². The number of likely N-dealkylation sites (N-methyl/N-ethyl adjacent to an activating group) is 1. The molecule has 4 heteroatoms. The lowest BCUT2D eigenvalue weighted by Gasteiger charge is -2.30. The molecule has 2 aromatic rings. The minimum Gasteiger partial charge on any atom is -0.349 e. The molecule has 0 unspecified atom stereocenters. The van der Waals surface area contributed by atoms with Crippen LogP contribution in [0.1, 0.15) is 35.9 Å². The fourth-order valence-electron chi connectivity index (χ4n) is 2.57. The first-order chi connectivity index (χ1) is 10.8. The second-order valence-corrected chi connectivity index (χ2v) is 5.07. The van der Waals surface area contributed by atoms with Gasteiger partial charge in [0.2, 0.25) is 0 Å². The zero-order chi connectivity index (χ0) is 15.8. The normalized spacial score (nSPS) is 12.1. The Morgan fingerprint density at radius 2 is 1.77 bits per heavy atom. The molecule has 1 aromatic heterocycles. The van der Waals surface area contributed by atoms with Crippen LogP contribution in [0, 0.1) is 0 Å². The van der Waals surface area contributed by atoms with E-state index in [1.807, 2.05) is 24.3 Å². The average molecular weight is 297 g/mol. The van der Waals surface area contributed by atoms with Crippen LogP contribution in [0.25, 0.3) is 0 Å². The minimum absolute atomic E-state index is 0.131. The maximum absolute atomic E-state index is 12.2. The first kappa shape index (κ1) is 16.2. The van der Waals surface area contributed by atoms with Crippen molar-refractivity contribution in [3.05, 3.63) is 66.0 Å². The van der Waals surface area contributed by atoms with Crippen molar-refractivity contribution in [3.8, 4) is 0 Å². The Kier molecular flexibility index (Phi) is 6.10. The molecule has 1 atom stereocenters. The van der Waals surface area contributed by atoms with E-state index in [0.717, 1.165) is 13.1 Å². The molecule has 0 spiro atoms. The van der Waals surface area contributed by atoms with E-state index in [1.165, 1.54) is 5.56 Å². The van der Waals surface area contributed by atoms with E-state index in [0.29, 0.717) is 12.2 Å². The summed E-state index contributed by atoms with van der Waals surface area (Å²) in [4.78, 5) is 18.6. The summed E-state index contributed by atoms with van der Waals surface area (Å²) in [6.07, 6.45) is 1.63. The quantitative estimate of drug-likeness (QED) is 0.854. The molecule has 116 valence electrons. The number of hydrogen-bond donors (Lipinski definition) is 1. The Bertz CT molecular complexity index is 567. The lowest BCUT2D eigenvalue weighted by atomic mass is 10.1. The maximum Gasteiger partial charge on any atom is 0.269 e. The number of rotatable bonds is 7. The summed E-state index contributed by atoms with van der Waals surface area (Å²) >= 11 is 0. The van der Waals surface area contributed by atoms with Gasteiger partial charge in [-0.3, -0.25) is 14.7 Å². The molecule has 0 aliphatic rings. The van der Waals surface area contributed by atoms with Gasteiger partial charge in [0.1, 0.15) is 5.69 Å². The van der Waals surface area contributed by atoms with Crippen molar-refractivity contribution in [2.45, 2.75) is 19.9 Å². The molecule has 0 saturated heterocycles. The molecular weight excluding hydrogens is 274 g/mol. The largest absolute Gasteiger partial charge is 0.349 e. The van der Waals surface area contributed by atoms with Crippen molar-refractivity contribution in [2.24, 2.45) is 0 Å². The number of hydrogen-bond acceptors (Lipinski definition) is 3. The van der Waals surface area contributed by atoms with E-state index in [-0.39, 0.29) is 11.9 Å². The Labute approximate surface area is 132 Å². The van der Waals surface area contributed by atoms with Crippen molar-refractivity contribution in [1.82, 2.24) is 15.2 Å². The van der Waals surface area contributed by atoms with E-state index in [4.69, 9.17) is 0 Å². The predicted octanol–water partition coefficient (Wildman–Crippen LogP) is 2.89. The number of carbonyl (C=O) groups excluding carboxylic acids is 1. The van der Waals surface area contributed by atoms with E-state index in [1.54, 1.807) is 18.3 Å². The van der Waals surface area contributed by atoms with Gasteiger partial charge in [0.05, 0.1) is 6.04 Å². The zero-order valence-corrected chi connectivity index (χ0v) is 13.2. The van der Waals surface area contributed by atoms with Crippen LogP contribution < -0.4 is 5.32 Å². The van der Waals surface area contributed by atoms with E-state index in [2.05, 4.69) is 41.2 Å². The standard InChI is InChI=1S/C18H23N3O/c1-3-21(4-2)17(15-10-6-5-7-11-15)14-20-18(22)16-12-8-9-13-19-16/h5-13,17H,3-4,14H2,1-2H3,(H,20,22)/t17-/m0/s1. The third-order valence-electron chi connectivity index (χ3n) is 3.79. The molecule has 0 bridgehead atoms. The highest BCUT2D eigenvalue weighted by atomic mass is 16.1. The molecule has 22 heavy (non-hydrogen) atoms. The van der Waals surface area contributed by atoms with Gasteiger partial charge in [0.25, 0.3) is 5.91 Å². The molecule has 0 aliphatic carbocycles. The van der Waals surface area contributed by atoms with E-state index >= 15 is 0 Å². The molecule has 1 heterocycles. The lowest BCUT2D eigenvalue weighted by molar-refractivity contribution is 0.0930. The number of aromatic nitrogens is 1. The second-order valence-electron chi connectivity index (χ2n) is 5.07.